The van der Waals surface area contributed by atoms with E-state index in [9.17, 15) is 14.7 Å². The maximum atomic E-state index is 13.0. The third-order valence-electron chi connectivity index (χ3n) is 5.91. The van der Waals surface area contributed by atoms with Gasteiger partial charge in [-0.05, 0) is 50.2 Å². The highest BCUT2D eigenvalue weighted by Gasteiger charge is 2.43. The molecule has 1 aromatic carbocycles. The summed E-state index contributed by atoms with van der Waals surface area (Å²) in [5.41, 5.74) is 1.64. The molecule has 0 saturated carbocycles. The van der Waals surface area contributed by atoms with Crippen molar-refractivity contribution in [1.29, 1.82) is 0 Å². The third-order valence-corrected chi connectivity index (χ3v) is 5.91. The molecule has 3 atom stereocenters. The number of pyridine rings is 1. The first-order valence-electron chi connectivity index (χ1n) is 9.29. The Balaban J connectivity index is 1.51. The second-order valence-corrected chi connectivity index (χ2v) is 7.54. The molecule has 1 aromatic heterocycles. The predicted molar refractivity (Wildman–Crippen MR) is 99.2 cm³/mol. The van der Waals surface area contributed by atoms with Gasteiger partial charge in [0, 0.05) is 23.8 Å². The Labute approximate surface area is 152 Å². The topological polar surface area (TPSA) is 62.5 Å². The smallest absolute Gasteiger partial charge is 0.254 e. The van der Waals surface area contributed by atoms with Gasteiger partial charge in [0.25, 0.3) is 5.56 Å². The van der Waals surface area contributed by atoms with Gasteiger partial charge >= 0.3 is 0 Å². The molecular weight excluding hydrogens is 328 g/mol. The lowest BCUT2D eigenvalue weighted by atomic mass is 9.85. The number of rotatable bonds is 3. The van der Waals surface area contributed by atoms with Gasteiger partial charge in [-0.3, -0.25) is 9.59 Å². The zero-order chi connectivity index (χ0) is 18.3. The monoisotopic (exact) mass is 352 g/mol. The molecular formula is C21H24N2O3. The summed E-state index contributed by atoms with van der Waals surface area (Å²) in [7, 11) is 0. The third kappa shape index (κ3) is 3.02. The number of aryl methyl sites for hydroxylation is 1. The molecule has 2 aromatic rings. The number of piperidine rings is 1. The first-order chi connectivity index (χ1) is 12.5. The van der Waals surface area contributed by atoms with Crippen LogP contribution in [0.3, 0.4) is 0 Å². The van der Waals surface area contributed by atoms with E-state index in [4.69, 9.17) is 0 Å². The Morgan fingerprint density at radius 3 is 2.38 bits per heavy atom. The Bertz CT molecular complexity index is 861. The molecule has 2 bridgehead atoms. The minimum Gasteiger partial charge on any atom is -0.508 e. The largest absolute Gasteiger partial charge is 0.508 e. The first kappa shape index (κ1) is 16.9. The Hall–Kier alpha value is -2.56. The van der Waals surface area contributed by atoms with Crippen LogP contribution in [0.5, 0.6) is 5.75 Å². The second kappa shape index (κ2) is 6.63. The molecule has 1 N–H and O–H groups in total. The predicted octanol–water partition coefficient (Wildman–Crippen LogP) is 2.80. The van der Waals surface area contributed by atoms with Gasteiger partial charge in [-0.15, -0.1) is 0 Å². The number of amides is 1. The summed E-state index contributed by atoms with van der Waals surface area (Å²) >= 11 is 0. The summed E-state index contributed by atoms with van der Waals surface area (Å²) in [6.07, 6.45) is 4.08. The quantitative estimate of drug-likeness (QED) is 0.924. The summed E-state index contributed by atoms with van der Waals surface area (Å²) in [5, 5.41) is 9.52. The van der Waals surface area contributed by atoms with Gasteiger partial charge in [0.1, 0.15) is 12.3 Å². The van der Waals surface area contributed by atoms with Crippen molar-refractivity contribution < 1.29 is 9.90 Å². The zero-order valence-corrected chi connectivity index (χ0v) is 15.0. The average Bonchev–Trinajstić information content (AvgIpc) is 2.88. The molecule has 4 rings (SSSR count). The molecule has 26 heavy (non-hydrogen) atoms. The van der Waals surface area contributed by atoms with Gasteiger partial charge < -0.3 is 14.6 Å². The molecule has 1 amide bonds. The molecule has 136 valence electrons. The highest BCUT2D eigenvalue weighted by molar-refractivity contribution is 5.77. The SMILES string of the molecule is Cc1cc(O)cc(=O)n1CC(=O)N1[C@@H]2CC[C@H]1CC(c1ccccc1)C2. The molecule has 0 aliphatic carbocycles. The van der Waals surface area contributed by atoms with Crippen LogP contribution < -0.4 is 5.56 Å². The summed E-state index contributed by atoms with van der Waals surface area (Å²) in [6, 6.07) is 13.8. The highest BCUT2D eigenvalue weighted by Crippen LogP contribution is 2.43. The van der Waals surface area contributed by atoms with Crippen LogP contribution in [0.25, 0.3) is 0 Å². The number of benzene rings is 1. The normalized spacial score (nSPS) is 24.7. The molecule has 5 heteroatoms. The van der Waals surface area contributed by atoms with Gasteiger partial charge in [0.15, 0.2) is 0 Å². The molecule has 0 radical (unpaired) electrons. The maximum absolute atomic E-state index is 13.0. The number of hydrogen-bond donors (Lipinski definition) is 1. The molecule has 3 heterocycles. The van der Waals surface area contributed by atoms with E-state index in [0.29, 0.717) is 11.6 Å². The van der Waals surface area contributed by atoms with Crippen LogP contribution in [0.15, 0.2) is 47.3 Å². The van der Waals surface area contributed by atoms with Gasteiger partial charge in [-0.25, -0.2) is 0 Å². The number of carbonyl (C=O) groups excluding carboxylic acids is 1. The van der Waals surface area contributed by atoms with Crippen LogP contribution >= 0.6 is 0 Å². The maximum Gasteiger partial charge on any atom is 0.254 e. The highest BCUT2D eigenvalue weighted by atomic mass is 16.3. The van der Waals surface area contributed by atoms with E-state index in [1.807, 2.05) is 11.0 Å². The minimum absolute atomic E-state index is 0.0138. The van der Waals surface area contributed by atoms with Crippen LogP contribution in [-0.2, 0) is 11.3 Å². The number of nitrogens with zero attached hydrogens (tertiary/aromatic N) is 2. The summed E-state index contributed by atoms with van der Waals surface area (Å²) in [6.45, 7) is 1.79. The van der Waals surface area contributed by atoms with Gasteiger partial charge in [-0.1, -0.05) is 30.3 Å². The standard InChI is InChI=1S/C21H24N2O3/c1-14-9-19(24)12-20(25)22(14)13-21(26)23-17-7-8-18(23)11-16(10-17)15-5-3-2-4-6-15/h2-6,9,12,16-18,24H,7-8,10-11,13H2,1H3/t16?,17-,18+. The van der Waals surface area contributed by atoms with Crippen molar-refractivity contribution in [2.45, 2.75) is 57.2 Å². The second-order valence-electron chi connectivity index (χ2n) is 7.54. The van der Waals surface area contributed by atoms with E-state index in [0.717, 1.165) is 31.7 Å². The summed E-state index contributed by atoms with van der Waals surface area (Å²) in [5.74, 6) is 0.468. The van der Waals surface area contributed by atoms with Crippen molar-refractivity contribution in [1.82, 2.24) is 9.47 Å². The fourth-order valence-electron chi connectivity index (χ4n) is 4.71. The summed E-state index contributed by atoms with van der Waals surface area (Å²) < 4.78 is 1.45. The molecule has 2 aliphatic heterocycles. The number of hydrogen-bond acceptors (Lipinski definition) is 3. The minimum atomic E-state index is -0.331. The van der Waals surface area contributed by atoms with Gasteiger partial charge in [0.05, 0.1) is 0 Å². The van der Waals surface area contributed by atoms with Crippen LogP contribution in [0.1, 0.15) is 42.9 Å². The molecule has 5 nitrogen and oxygen atoms in total. The Morgan fingerprint density at radius 2 is 1.77 bits per heavy atom. The van der Waals surface area contributed by atoms with Crippen molar-refractivity contribution in [3.8, 4) is 5.75 Å². The van der Waals surface area contributed by atoms with Crippen LogP contribution in [-0.4, -0.2) is 32.6 Å². The fourth-order valence-corrected chi connectivity index (χ4v) is 4.71. The van der Waals surface area contributed by atoms with Crippen LogP contribution in [0.4, 0.5) is 0 Å². The molecule has 2 fully saturated rings. The van der Waals surface area contributed by atoms with E-state index >= 15 is 0 Å². The number of carbonyl (C=O) groups is 1. The fraction of sp³-hybridized carbons (Fsp3) is 0.429. The molecule has 2 saturated heterocycles. The van der Waals surface area contributed by atoms with Crippen molar-refractivity contribution >= 4 is 5.91 Å². The molecule has 2 aliphatic rings. The molecule has 0 spiro atoms. The lowest BCUT2D eigenvalue weighted by Crippen LogP contribution is -2.48. The lowest BCUT2D eigenvalue weighted by Gasteiger charge is -2.39. The zero-order valence-electron chi connectivity index (χ0n) is 15.0. The average molecular weight is 352 g/mol. The van der Waals surface area contributed by atoms with E-state index < -0.39 is 0 Å². The Kier molecular flexibility index (Phi) is 4.31. The van der Waals surface area contributed by atoms with E-state index in [1.54, 1.807) is 6.92 Å². The number of aromatic hydroxyl groups is 1. The Morgan fingerprint density at radius 1 is 1.12 bits per heavy atom. The van der Waals surface area contributed by atoms with Crippen molar-refractivity contribution in [3.05, 3.63) is 64.1 Å². The van der Waals surface area contributed by atoms with E-state index in [1.165, 1.54) is 16.2 Å². The number of fused-ring (bicyclic) bond motifs is 2. The van der Waals surface area contributed by atoms with E-state index in [2.05, 4.69) is 24.3 Å². The molecule has 1 unspecified atom stereocenters. The first-order valence-corrected chi connectivity index (χ1v) is 9.29. The van der Waals surface area contributed by atoms with Crippen LogP contribution in [0.2, 0.25) is 0 Å². The van der Waals surface area contributed by atoms with Crippen molar-refractivity contribution in [2.75, 3.05) is 0 Å². The van der Waals surface area contributed by atoms with Gasteiger partial charge in [0.2, 0.25) is 5.91 Å². The summed E-state index contributed by atoms with van der Waals surface area (Å²) in [4.78, 5) is 27.1. The number of aromatic nitrogens is 1. The van der Waals surface area contributed by atoms with Crippen LogP contribution in [0, 0.1) is 6.92 Å². The van der Waals surface area contributed by atoms with Gasteiger partial charge in [-0.2, -0.15) is 0 Å². The van der Waals surface area contributed by atoms with Crippen molar-refractivity contribution in [3.63, 3.8) is 0 Å². The van der Waals surface area contributed by atoms with Crippen molar-refractivity contribution in [2.24, 2.45) is 0 Å². The lowest BCUT2D eigenvalue weighted by molar-refractivity contribution is -0.136. The van der Waals surface area contributed by atoms with E-state index in [-0.39, 0.29) is 35.8 Å².